The van der Waals surface area contributed by atoms with Crippen molar-refractivity contribution in [1.82, 2.24) is 9.47 Å². The van der Waals surface area contributed by atoms with E-state index in [-0.39, 0.29) is 29.3 Å². The van der Waals surface area contributed by atoms with Gasteiger partial charge in [-0.25, -0.2) is 0 Å². The van der Waals surface area contributed by atoms with Gasteiger partial charge < -0.3 is 29.3 Å². The van der Waals surface area contributed by atoms with Gasteiger partial charge in [-0.1, -0.05) is 18.2 Å². The van der Waals surface area contributed by atoms with Gasteiger partial charge >= 0.3 is 0 Å². The number of hydrogen-bond donors (Lipinski definition) is 1. The number of methoxy groups -OCH3 is 1. The van der Waals surface area contributed by atoms with E-state index in [0.29, 0.717) is 48.1 Å². The number of nitrogens with zero attached hydrogens (tertiary/aromatic N) is 4. The summed E-state index contributed by atoms with van der Waals surface area (Å²) >= 11 is 0. The van der Waals surface area contributed by atoms with E-state index in [0.717, 1.165) is 37.4 Å². The van der Waals surface area contributed by atoms with Crippen LogP contribution in [0.15, 0.2) is 89.7 Å². The van der Waals surface area contributed by atoms with Crippen LogP contribution in [0.3, 0.4) is 0 Å². The van der Waals surface area contributed by atoms with Crippen LogP contribution in [0.4, 0.5) is 17.1 Å². The number of hydrogen-bond acceptors (Lipinski definition) is 6. The second kappa shape index (κ2) is 12.6. The van der Waals surface area contributed by atoms with Gasteiger partial charge in [-0.05, 0) is 92.4 Å². The number of aryl methyl sites for hydroxylation is 1. The first-order valence-corrected chi connectivity index (χ1v) is 16.4. The number of aromatic nitrogens is 1. The van der Waals surface area contributed by atoms with Crippen molar-refractivity contribution in [3.05, 3.63) is 118 Å². The highest BCUT2D eigenvalue weighted by atomic mass is 16.5. The number of ether oxygens (including phenoxy) is 1. The highest BCUT2D eigenvalue weighted by Crippen LogP contribution is 2.39. The molecule has 1 aromatic heterocycles. The lowest BCUT2D eigenvalue weighted by Crippen LogP contribution is -2.53. The smallest absolute Gasteiger partial charge is 0.255 e. The fourth-order valence-corrected chi connectivity index (χ4v) is 7.59. The Morgan fingerprint density at radius 3 is 2.40 bits per heavy atom. The SMILES string of the molecule is COc1ccc(C(=O)Nc2cc(C(=O)N3CCN(c4cccc(C)c4)C(C)C3)ccc2N2CC3CC(C2)c2cccc(=O)n2C3)cc1. The summed E-state index contributed by atoms with van der Waals surface area (Å²) in [6, 6.07) is 26.9. The van der Waals surface area contributed by atoms with E-state index >= 15 is 0 Å². The molecule has 4 aromatic rings. The molecule has 242 valence electrons. The molecule has 9 nitrogen and oxygen atoms in total. The molecule has 0 aliphatic carbocycles. The van der Waals surface area contributed by atoms with Gasteiger partial charge in [-0.3, -0.25) is 14.4 Å². The summed E-state index contributed by atoms with van der Waals surface area (Å²) in [4.78, 5) is 46.7. The summed E-state index contributed by atoms with van der Waals surface area (Å²) in [5.74, 6) is 0.878. The molecule has 0 radical (unpaired) electrons. The van der Waals surface area contributed by atoms with Crippen LogP contribution in [0.1, 0.15) is 51.2 Å². The zero-order chi connectivity index (χ0) is 32.7. The highest BCUT2D eigenvalue weighted by Gasteiger charge is 2.36. The summed E-state index contributed by atoms with van der Waals surface area (Å²) in [6.07, 6.45) is 1.02. The minimum absolute atomic E-state index is 0.0453. The van der Waals surface area contributed by atoms with Crippen molar-refractivity contribution in [3.63, 3.8) is 0 Å². The number of anilines is 3. The van der Waals surface area contributed by atoms with Crippen molar-refractivity contribution in [1.29, 1.82) is 0 Å². The zero-order valence-corrected chi connectivity index (χ0v) is 27.2. The average molecular weight is 632 g/mol. The molecule has 0 spiro atoms. The zero-order valence-electron chi connectivity index (χ0n) is 27.2. The van der Waals surface area contributed by atoms with E-state index in [4.69, 9.17) is 4.74 Å². The third-order valence-electron chi connectivity index (χ3n) is 9.91. The lowest BCUT2D eigenvalue weighted by atomic mass is 9.83. The summed E-state index contributed by atoms with van der Waals surface area (Å²) in [5, 5.41) is 3.14. The van der Waals surface area contributed by atoms with Crippen LogP contribution >= 0.6 is 0 Å². The Morgan fingerprint density at radius 1 is 0.851 bits per heavy atom. The predicted octanol–water partition coefficient (Wildman–Crippen LogP) is 5.39. The Kier molecular flexibility index (Phi) is 8.22. The number of nitrogens with one attached hydrogen (secondary N) is 1. The number of carbonyl (C=O) groups is 2. The summed E-state index contributed by atoms with van der Waals surface area (Å²) in [6.45, 7) is 8.38. The van der Waals surface area contributed by atoms with E-state index in [2.05, 4.69) is 59.3 Å². The van der Waals surface area contributed by atoms with Crippen LogP contribution in [0, 0.1) is 12.8 Å². The van der Waals surface area contributed by atoms with Crippen molar-refractivity contribution >= 4 is 28.9 Å². The number of fused-ring (bicyclic) bond motifs is 4. The molecule has 2 saturated heterocycles. The molecule has 3 aliphatic rings. The number of carbonyl (C=O) groups excluding carboxylic acids is 2. The Bertz CT molecular complexity index is 1870. The van der Waals surface area contributed by atoms with Gasteiger partial charge in [0.15, 0.2) is 0 Å². The molecule has 9 heteroatoms. The third-order valence-corrected chi connectivity index (χ3v) is 9.91. The molecule has 47 heavy (non-hydrogen) atoms. The number of pyridine rings is 1. The Hall–Kier alpha value is -5.05. The van der Waals surface area contributed by atoms with Gasteiger partial charge in [-0.15, -0.1) is 0 Å². The second-order valence-electron chi connectivity index (χ2n) is 13.2. The molecule has 3 unspecified atom stereocenters. The summed E-state index contributed by atoms with van der Waals surface area (Å²) < 4.78 is 7.19. The molecule has 4 heterocycles. The van der Waals surface area contributed by atoms with E-state index in [1.54, 1.807) is 37.4 Å². The monoisotopic (exact) mass is 631 g/mol. The third kappa shape index (κ3) is 6.10. The van der Waals surface area contributed by atoms with Gasteiger partial charge in [-0.2, -0.15) is 0 Å². The molecule has 3 aliphatic heterocycles. The highest BCUT2D eigenvalue weighted by molar-refractivity contribution is 6.07. The van der Waals surface area contributed by atoms with Crippen LogP contribution < -0.4 is 25.4 Å². The molecular weight excluding hydrogens is 590 g/mol. The van der Waals surface area contributed by atoms with Crippen LogP contribution in [0.25, 0.3) is 0 Å². The molecular formula is C38H41N5O4. The van der Waals surface area contributed by atoms with Gasteiger partial charge in [0.2, 0.25) is 0 Å². The number of benzene rings is 3. The lowest BCUT2D eigenvalue weighted by Gasteiger charge is -2.44. The summed E-state index contributed by atoms with van der Waals surface area (Å²) in [5.41, 5.74) is 6.03. The van der Waals surface area contributed by atoms with E-state index in [1.807, 2.05) is 33.7 Å². The standard InChI is InChI=1S/C38H41N5O4/c1-25-6-4-7-31(18-25)42-17-16-40(21-26(42)2)38(46)29-12-15-35(33(20-29)39-37(45)28-10-13-32(47-3)14-11-28)41-22-27-19-30(24-41)34-8-5-9-36(44)43(34)23-27/h4-15,18,20,26-27,30H,16-17,19,21-24H2,1-3H3,(H,39,45). The maximum absolute atomic E-state index is 14.0. The largest absolute Gasteiger partial charge is 0.497 e. The van der Waals surface area contributed by atoms with Crippen molar-refractivity contribution in [2.24, 2.45) is 5.92 Å². The number of piperidine rings is 1. The molecule has 7 rings (SSSR count). The molecule has 2 amide bonds. The van der Waals surface area contributed by atoms with Crippen LogP contribution in [0.2, 0.25) is 0 Å². The Balaban J connectivity index is 1.16. The van der Waals surface area contributed by atoms with Crippen LogP contribution in [0.5, 0.6) is 5.75 Å². The molecule has 3 atom stereocenters. The molecule has 2 fully saturated rings. The quantitative estimate of drug-likeness (QED) is 0.307. The molecule has 3 aromatic carbocycles. The topological polar surface area (TPSA) is 87.1 Å². The Morgan fingerprint density at radius 2 is 1.64 bits per heavy atom. The minimum atomic E-state index is -0.256. The first-order chi connectivity index (χ1) is 22.8. The predicted molar refractivity (Wildman–Crippen MR) is 185 cm³/mol. The van der Waals surface area contributed by atoms with Gasteiger partial charge in [0.25, 0.3) is 17.4 Å². The van der Waals surface area contributed by atoms with Crippen molar-refractivity contribution in [2.75, 3.05) is 55.0 Å². The molecule has 0 saturated carbocycles. The second-order valence-corrected chi connectivity index (χ2v) is 13.2. The maximum atomic E-state index is 14.0. The number of amides is 2. The molecule has 2 bridgehead atoms. The normalized spacial score (nSPS) is 20.4. The van der Waals surface area contributed by atoms with E-state index in [1.165, 1.54) is 11.3 Å². The maximum Gasteiger partial charge on any atom is 0.255 e. The summed E-state index contributed by atoms with van der Waals surface area (Å²) in [7, 11) is 1.59. The van der Waals surface area contributed by atoms with Gasteiger partial charge in [0.1, 0.15) is 5.75 Å². The fourth-order valence-electron chi connectivity index (χ4n) is 7.59. The van der Waals surface area contributed by atoms with E-state index in [9.17, 15) is 14.4 Å². The first kappa shape index (κ1) is 30.6. The lowest BCUT2D eigenvalue weighted by molar-refractivity contribution is 0.0726. The van der Waals surface area contributed by atoms with E-state index < -0.39 is 0 Å². The first-order valence-electron chi connectivity index (χ1n) is 16.4. The minimum Gasteiger partial charge on any atom is -0.497 e. The van der Waals surface area contributed by atoms with Crippen molar-refractivity contribution in [2.45, 2.75) is 38.8 Å². The fraction of sp³-hybridized carbons (Fsp3) is 0.342. The van der Waals surface area contributed by atoms with Crippen molar-refractivity contribution < 1.29 is 14.3 Å². The van der Waals surface area contributed by atoms with Gasteiger partial charge in [0.05, 0.1) is 18.5 Å². The number of rotatable bonds is 6. The van der Waals surface area contributed by atoms with Crippen molar-refractivity contribution in [3.8, 4) is 5.75 Å². The Labute approximate surface area is 275 Å². The van der Waals surface area contributed by atoms with Gasteiger partial charge in [0, 0.05) is 79.8 Å². The average Bonchev–Trinajstić information content (AvgIpc) is 3.08. The van der Waals surface area contributed by atoms with Crippen LogP contribution in [-0.4, -0.2) is 67.2 Å². The number of piperazine rings is 1. The van der Waals surface area contributed by atoms with Crippen LogP contribution in [-0.2, 0) is 6.54 Å². The molecule has 1 N–H and O–H groups in total.